The van der Waals surface area contributed by atoms with Gasteiger partial charge in [-0.05, 0) is 0 Å². The minimum atomic E-state index is 0.0150. The van der Waals surface area contributed by atoms with Gasteiger partial charge in [-0.1, -0.05) is 0 Å². The minimum absolute atomic E-state index is 0.0150. The lowest BCUT2D eigenvalue weighted by atomic mass is 10.3. The molecular formula is C8H9O3. The molecule has 11 heavy (non-hydrogen) atoms. The highest BCUT2D eigenvalue weighted by Gasteiger charge is 1.99. The molecule has 0 aromatic heterocycles. The van der Waals surface area contributed by atoms with E-state index in [1.165, 1.54) is 20.3 Å². The SMILES string of the molecule is COc1[c]c(O)cc(OC)c1. The molecule has 1 aromatic rings. The third-order valence-corrected chi connectivity index (χ3v) is 1.26. The van der Waals surface area contributed by atoms with E-state index in [1.807, 2.05) is 0 Å². The third-order valence-electron chi connectivity index (χ3n) is 1.26. The summed E-state index contributed by atoms with van der Waals surface area (Å²) >= 11 is 0. The van der Waals surface area contributed by atoms with Crippen molar-refractivity contribution in [1.82, 2.24) is 0 Å². The summed E-state index contributed by atoms with van der Waals surface area (Å²) in [5.41, 5.74) is 0. The van der Waals surface area contributed by atoms with Crippen LogP contribution < -0.4 is 9.47 Å². The van der Waals surface area contributed by atoms with E-state index in [1.54, 1.807) is 6.07 Å². The number of hydrogen-bond acceptors (Lipinski definition) is 3. The van der Waals surface area contributed by atoms with Crippen molar-refractivity contribution in [2.45, 2.75) is 0 Å². The van der Waals surface area contributed by atoms with Crippen molar-refractivity contribution in [2.75, 3.05) is 14.2 Å². The molecule has 0 aliphatic heterocycles. The number of methoxy groups -OCH3 is 2. The Morgan fingerprint density at radius 1 is 1.27 bits per heavy atom. The Morgan fingerprint density at radius 2 is 2.00 bits per heavy atom. The number of benzene rings is 1. The van der Waals surface area contributed by atoms with Gasteiger partial charge in [0.05, 0.1) is 20.3 Å². The first kappa shape index (κ1) is 7.72. The zero-order valence-corrected chi connectivity index (χ0v) is 6.42. The zero-order valence-electron chi connectivity index (χ0n) is 6.42. The molecule has 1 aromatic carbocycles. The number of hydrogen-bond donors (Lipinski definition) is 1. The maximum absolute atomic E-state index is 9.04. The van der Waals surface area contributed by atoms with Crippen LogP contribution in [0.15, 0.2) is 12.1 Å². The molecule has 0 amide bonds. The van der Waals surface area contributed by atoms with Crippen molar-refractivity contribution in [3.63, 3.8) is 0 Å². The number of ether oxygens (including phenoxy) is 2. The Kier molecular flexibility index (Phi) is 2.21. The van der Waals surface area contributed by atoms with Crippen LogP contribution in [0, 0.1) is 6.07 Å². The predicted octanol–water partition coefficient (Wildman–Crippen LogP) is 1.21. The molecule has 0 atom stereocenters. The molecule has 0 spiro atoms. The van der Waals surface area contributed by atoms with Crippen LogP contribution in [0.25, 0.3) is 0 Å². The van der Waals surface area contributed by atoms with Crippen LogP contribution >= 0.6 is 0 Å². The largest absolute Gasteiger partial charge is 0.507 e. The van der Waals surface area contributed by atoms with Crippen molar-refractivity contribution in [3.05, 3.63) is 18.2 Å². The first-order valence-electron chi connectivity index (χ1n) is 3.10. The summed E-state index contributed by atoms with van der Waals surface area (Å²) in [6.45, 7) is 0. The van der Waals surface area contributed by atoms with Gasteiger partial charge >= 0.3 is 0 Å². The second kappa shape index (κ2) is 3.14. The van der Waals surface area contributed by atoms with Gasteiger partial charge in [0.1, 0.15) is 17.2 Å². The highest BCUT2D eigenvalue weighted by atomic mass is 16.5. The Hall–Kier alpha value is -1.38. The second-order valence-corrected chi connectivity index (χ2v) is 1.97. The fraction of sp³-hybridized carbons (Fsp3) is 0.250. The number of phenolic OH excluding ortho intramolecular Hbond substituents is 1. The van der Waals surface area contributed by atoms with Gasteiger partial charge in [-0.2, -0.15) is 0 Å². The summed E-state index contributed by atoms with van der Waals surface area (Å²) in [7, 11) is 3.03. The van der Waals surface area contributed by atoms with Gasteiger partial charge in [0.25, 0.3) is 0 Å². The topological polar surface area (TPSA) is 38.7 Å². The molecule has 1 rings (SSSR count). The summed E-state index contributed by atoms with van der Waals surface area (Å²) in [5.74, 6) is 1.03. The number of aromatic hydroxyl groups is 1. The normalized spacial score (nSPS) is 9.27. The molecule has 59 valence electrons. The molecule has 0 unspecified atom stereocenters. The van der Waals surface area contributed by atoms with E-state index >= 15 is 0 Å². The van der Waals surface area contributed by atoms with Gasteiger partial charge in [-0.15, -0.1) is 0 Å². The number of phenols is 1. The van der Waals surface area contributed by atoms with Gasteiger partial charge < -0.3 is 14.6 Å². The van der Waals surface area contributed by atoms with E-state index in [-0.39, 0.29) is 5.75 Å². The smallest absolute Gasteiger partial charge is 0.134 e. The third kappa shape index (κ3) is 1.77. The minimum Gasteiger partial charge on any atom is -0.507 e. The summed E-state index contributed by atoms with van der Waals surface area (Å²) in [4.78, 5) is 0. The second-order valence-electron chi connectivity index (χ2n) is 1.97. The van der Waals surface area contributed by atoms with Crippen LogP contribution in [-0.2, 0) is 0 Å². The fourth-order valence-electron chi connectivity index (χ4n) is 0.732. The van der Waals surface area contributed by atoms with Gasteiger partial charge in [-0.3, -0.25) is 0 Å². The lowest BCUT2D eigenvalue weighted by Crippen LogP contribution is -1.86. The fourth-order valence-corrected chi connectivity index (χ4v) is 0.732. The van der Waals surface area contributed by atoms with Gasteiger partial charge in [0.15, 0.2) is 0 Å². The van der Waals surface area contributed by atoms with Gasteiger partial charge in [0.2, 0.25) is 0 Å². The first-order valence-corrected chi connectivity index (χ1v) is 3.10. The lowest BCUT2D eigenvalue weighted by Gasteiger charge is -2.03. The molecule has 3 heteroatoms. The van der Waals surface area contributed by atoms with Crippen molar-refractivity contribution >= 4 is 0 Å². The Balaban J connectivity index is 3.02. The van der Waals surface area contributed by atoms with E-state index in [0.29, 0.717) is 11.5 Å². The summed E-state index contributed by atoms with van der Waals surface area (Å²) in [5, 5.41) is 9.04. The molecule has 0 bridgehead atoms. The van der Waals surface area contributed by atoms with Crippen LogP contribution in [0.4, 0.5) is 0 Å². The molecule has 1 N–H and O–H groups in total. The molecule has 1 radical (unpaired) electrons. The Labute approximate surface area is 65.2 Å². The molecule has 0 fully saturated rings. The van der Waals surface area contributed by atoms with E-state index in [2.05, 4.69) is 6.07 Å². The average Bonchev–Trinajstić information content (AvgIpc) is 2.03. The maximum atomic E-state index is 9.04. The van der Waals surface area contributed by atoms with Crippen LogP contribution in [0.3, 0.4) is 0 Å². The van der Waals surface area contributed by atoms with Crippen molar-refractivity contribution < 1.29 is 14.6 Å². The van der Waals surface area contributed by atoms with Gasteiger partial charge in [-0.25, -0.2) is 0 Å². The van der Waals surface area contributed by atoms with E-state index in [0.717, 1.165) is 0 Å². The predicted molar refractivity (Wildman–Crippen MR) is 40.0 cm³/mol. The van der Waals surface area contributed by atoms with Crippen LogP contribution in [0.2, 0.25) is 0 Å². The molecule has 0 aliphatic rings. The van der Waals surface area contributed by atoms with Crippen molar-refractivity contribution in [3.8, 4) is 17.2 Å². The van der Waals surface area contributed by atoms with E-state index in [9.17, 15) is 0 Å². The molecular weight excluding hydrogens is 144 g/mol. The lowest BCUT2D eigenvalue weighted by molar-refractivity contribution is 0.384. The average molecular weight is 153 g/mol. The molecule has 0 aliphatic carbocycles. The molecule has 0 heterocycles. The summed E-state index contributed by atoms with van der Waals surface area (Å²) < 4.78 is 9.72. The maximum Gasteiger partial charge on any atom is 0.134 e. The Morgan fingerprint density at radius 3 is 2.55 bits per heavy atom. The standard InChI is InChI=1S/C8H9O3/c1-10-7-3-6(9)4-8(5-7)11-2/h3,5,9H,1-2H3. The van der Waals surface area contributed by atoms with Crippen LogP contribution in [0.5, 0.6) is 17.2 Å². The highest BCUT2D eigenvalue weighted by Crippen LogP contribution is 2.24. The number of rotatable bonds is 2. The first-order chi connectivity index (χ1) is 5.26. The molecule has 0 saturated carbocycles. The summed E-state index contributed by atoms with van der Waals surface area (Å²) in [6.07, 6.45) is 0. The quantitative estimate of drug-likeness (QED) is 0.694. The monoisotopic (exact) mass is 153 g/mol. The van der Waals surface area contributed by atoms with Gasteiger partial charge in [0, 0.05) is 12.1 Å². The van der Waals surface area contributed by atoms with Crippen molar-refractivity contribution in [1.29, 1.82) is 0 Å². The van der Waals surface area contributed by atoms with Crippen LogP contribution in [0.1, 0.15) is 0 Å². The van der Waals surface area contributed by atoms with Crippen LogP contribution in [-0.4, -0.2) is 19.3 Å². The Bertz CT molecular complexity index is 223. The molecule has 3 nitrogen and oxygen atoms in total. The van der Waals surface area contributed by atoms with Crippen molar-refractivity contribution in [2.24, 2.45) is 0 Å². The van der Waals surface area contributed by atoms with E-state index in [4.69, 9.17) is 14.6 Å². The van der Waals surface area contributed by atoms with E-state index < -0.39 is 0 Å². The molecule has 0 saturated heterocycles. The zero-order chi connectivity index (χ0) is 8.27. The summed E-state index contributed by atoms with van der Waals surface area (Å²) in [6, 6.07) is 5.68. The highest BCUT2D eigenvalue weighted by molar-refractivity contribution is 5.39.